The molecule has 0 bridgehead atoms. The van der Waals surface area contributed by atoms with Gasteiger partial charge in [0.05, 0.1) is 25.7 Å². The molecule has 2 aromatic heterocycles. The molecule has 0 aliphatic rings. The van der Waals surface area contributed by atoms with Gasteiger partial charge in [0.15, 0.2) is 17.4 Å². The highest BCUT2D eigenvalue weighted by atomic mass is 19.4. The van der Waals surface area contributed by atoms with Crippen LogP contribution < -0.4 is 10.5 Å². The number of rotatable bonds is 7. The highest BCUT2D eigenvalue weighted by Crippen LogP contribution is 2.40. The number of aromatic nitrogens is 3. The number of ether oxygens (including phenoxy) is 1. The van der Waals surface area contributed by atoms with Crippen LogP contribution in [-0.2, 0) is 12.1 Å². The number of alkyl halides is 3. The number of methoxy groups -OCH3 is 1. The molecule has 0 saturated heterocycles. The van der Waals surface area contributed by atoms with Crippen molar-refractivity contribution >= 4 is 16.8 Å². The Bertz CT molecular complexity index is 1500. The fraction of sp³-hybridized carbons (Fsp3) is 0.240. The van der Waals surface area contributed by atoms with Crippen LogP contribution in [0.5, 0.6) is 5.75 Å². The number of nitrogens with two attached hydrogens (primary N) is 1. The first-order chi connectivity index (χ1) is 17.4. The van der Waals surface area contributed by atoms with Gasteiger partial charge >= 0.3 is 6.18 Å². The summed E-state index contributed by atoms with van der Waals surface area (Å²) in [5, 5.41) is 10.4. The van der Waals surface area contributed by atoms with Crippen LogP contribution in [0.2, 0.25) is 0 Å². The number of benzene rings is 2. The molecule has 12 heteroatoms. The van der Waals surface area contributed by atoms with Crippen LogP contribution in [0.25, 0.3) is 22.0 Å². The van der Waals surface area contributed by atoms with E-state index >= 15 is 4.39 Å². The van der Waals surface area contributed by atoms with Crippen LogP contribution in [0.3, 0.4) is 0 Å². The molecule has 4 rings (SSSR count). The van der Waals surface area contributed by atoms with Gasteiger partial charge in [0, 0.05) is 17.1 Å². The molecule has 0 fully saturated rings. The topological polar surface area (TPSA) is 103 Å². The lowest BCUT2D eigenvalue weighted by molar-refractivity contribution is -0.269. The fourth-order valence-electron chi connectivity index (χ4n) is 4.00. The molecule has 3 N–H and O–H groups in total. The van der Waals surface area contributed by atoms with Crippen LogP contribution in [0.15, 0.2) is 48.9 Å². The number of fused-ring (bicyclic) bond motifs is 1. The second kappa shape index (κ2) is 9.43. The predicted octanol–water partition coefficient (Wildman–Crippen LogP) is 4.69. The summed E-state index contributed by atoms with van der Waals surface area (Å²) in [5.41, 5.74) is 1.72. The van der Waals surface area contributed by atoms with Crippen molar-refractivity contribution in [3.05, 3.63) is 77.5 Å². The Morgan fingerprint density at radius 3 is 2.49 bits per heavy atom. The molecule has 1 atom stereocenters. The van der Waals surface area contributed by atoms with Crippen molar-refractivity contribution in [2.24, 2.45) is 5.73 Å². The molecule has 0 radical (unpaired) electrons. The minimum absolute atomic E-state index is 0.00843. The van der Waals surface area contributed by atoms with E-state index in [0.717, 1.165) is 18.6 Å². The maximum Gasteiger partial charge on any atom is 0.423 e. The number of carbonyl (C=O) groups is 1. The second-order valence-electron chi connectivity index (χ2n) is 8.35. The molecule has 0 aliphatic heterocycles. The summed E-state index contributed by atoms with van der Waals surface area (Å²) in [4.78, 5) is 19.6. The van der Waals surface area contributed by atoms with Gasteiger partial charge in [0.1, 0.15) is 11.2 Å². The molecule has 1 unspecified atom stereocenters. The van der Waals surface area contributed by atoms with E-state index < -0.39 is 41.4 Å². The average Bonchev–Trinajstić information content (AvgIpc) is 3.32. The maximum atomic E-state index is 15.6. The normalized spacial score (nSPS) is 13.5. The van der Waals surface area contributed by atoms with Gasteiger partial charge in [-0.1, -0.05) is 25.1 Å². The fourth-order valence-corrected chi connectivity index (χ4v) is 4.00. The van der Waals surface area contributed by atoms with Gasteiger partial charge in [-0.25, -0.2) is 18.7 Å². The molecule has 4 aromatic rings. The van der Waals surface area contributed by atoms with Crippen molar-refractivity contribution < 1.29 is 36.6 Å². The number of amides is 1. The molecule has 0 saturated carbocycles. The lowest BCUT2D eigenvalue weighted by Gasteiger charge is -2.27. The quantitative estimate of drug-likeness (QED) is 0.344. The van der Waals surface area contributed by atoms with Gasteiger partial charge in [0.25, 0.3) is 5.91 Å². The van der Waals surface area contributed by atoms with E-state index in [1.54, 1.807) is 0 Å². The number of carbonyl (C=O) groups excluding carboxylic acids is 1. The zero-order valence-electron chi connectivity index (χ0n) is 19.6. The highest BCUT2D eigenvalue weighted by Gasteiger charge is 2.55. The van der Waals surface area contributed by atoms with Crippen LogP contribution in [0.1, 0.15) is 35.1 Å². The Hall–Kier alpha value is -4.06. The van der Waals surface area contributed by atoms with Gasteiger partial charge < -0.3 is 20.1 Å². The number of hydrogen-bond acceptors (Lipinski definition) is 5. The summed E-state index contributed by atoms with van der Waals surface area (Å²) in [6.45, 7) is 0.922. The Balaban J connectivity index is 1.80. The number of aliphatic hydroxyl groups is 1. The Morgan fingerprint density at radius 1 is 1.16 bits per heavy atom. The molecule has 194 valence electrons. The van der Waals surface area contributed by atoms with Crippen molar-refractivity contribution in [2.45, 2.75) is 31.7 Å². The minimum Gasteiger partial charge on any atom is -0.494 e. The number of nitrogens with zero attached hydrogens (tertiary/aromatic N) is 3. The maximum absolute atomic E-state index is 15.6. The zero-order valence-corrected chi connectivity index (χ0v) is 19.6. The van der Waals surface area contributed by atoms with Crippen molar-refractivity contribution in [1.29, 1.82) is 0 Å². The summed E-state index contributed by atoms with van der Waals surface area (Å²) in [5.74, 6) is -2.48. The summed E-state index contributed by atoms with van der Waals surface area (Å²) >= 11 is 0. The van der Waals surface area contributed by atoms with E-state index in [4.69, 9.17) is 10.5 Å². The van der Waals surface area contributed by atoms with Gasteiger partial charge in [-0.15, -0.1) is 0 Å². The third kappa shape index (κ3) is 4.59. The standard InChI is InChI=1S/C25H21F5N4O3/c1-3-24(36,25(28,29)30)20-11-34(12-32-20)10-14-4-6-15-16(13-5-7-19(37-2)17(26)8-13)9-18(23(31)35)33-22(15)21(14)27/h4-9,11-12,36H,3,10H2,1-2H3,(H2,31,35). The first-order valence-electron chi connectivity index (χ1n) is 11.0. The first kappa shape index (κ1) is 26.0. The Morgan fingerprint density at radius 2 is 1.89 bits per heavy atom. The molecule has 2 heterocycles. The van der Waals surface area contributed by atoms with Gasteiger partial charge in [0.2, 0.25) is 5.60 Å². The molecular weight excluding hydrogens is 499 g/mol. The van der Waals surface area contributed by atoms with E-state index in [-0.39, 0.29) is 40.0 Å². The van der Waals surface area contributed by atoms with Gasteiger partial charge in [-0.2, -0.15) is 13.2 Å². The van der Waals surface area contributed by atoms with E-state index in [2.05, 4.69) is 9.97 Å². The third-order valence-corrected chi connectivity index (χ3v) is 6.11. The van der Waals surface area contributed by atoms with E-state index in [1.165, 1.54) is 48.9 Å². The summed E-state index contributed by atoms with van der Waals surface area (Å²) in [7, 11) is 1.30. The summed E-state index contributed by atoms with van der Waals surface area (Å²) in [6.07, 6.45) is -3.59. The molecular formula is C25H21F5N4O3. The number of pyridine rings is 1. The van der Waals surface area contributed by atoms with E-state index in [9.17, 15) is 27.5 Å². The smallest absolute Gasteiger partial charge is 0.423 e. The van der Waals surface area contributed by atoms with Crippen LogP contribution >= 0.6 is 0 Å². The molecule has 1 amide bonds. The van der Waals surface area contributed by atoms with Crippen LogP contribution in [-0.4, -0.2) is 38.8 Å². The van der Waals surface area contributed by atoms with Crippen molar-refractivity contribution in [3.8, 4) is 16.9 Å². The monoisotopic (exact) mass is 520 g/mol. The van der Waals surface area contributed by atoms with E-state index in [1.807, 2.05) is 0 Å². The SMILES string of the molecule is CCC(O)(c1cn(Cc2ccc3c(-c4ccc(OC)c(F)c4)cc(C(N)=O)nc3c2F)cn1)C(F)(F)F. The number of primary amides is 1. The lowest BCUT2D eigenvalue weighted by atomic mass is 9.96. The van der Waals surface area contributed by atoms with Crippen LogP contribution in [0.4, 0.5) is 22.0 Å². The summed E-state index contributed by atoms with van der Waals surface area (Å²) < 4.78 is 76.2. The van der Waals surface area contributed by atoms with Crippen molar-refractivity contribution in [2.75, 3.05) is 7.11 Å². The largest absolute Gasteiger partial charge is 0.494 e. The molecule has 7 nitrogen and oxygen atoms in total. The summed E-state index contributed by atoms with van der Waals surface area (Å²) in [6, 6.07) is 8.26. The first-order valence-corrected chi connectivity index (χ1v) is 11.0. The average molecular weight is 520 g/mol. The Labute approximate surface area is 207 Å². The molecule has 37 heavy (non-hydrogen) atoms. The number of halogens is 5. The Kier molecular flexibility index (Phi) is 6.63. The van der Waals surface area contributed by atoms with Gasteiger partial charge in [-0.3, -0.25) is 4.79 Å². The van der Waals surface area contributed by atoms with Crippen molar-refractivity contribution in [1.82, 2.24) is 14.5 Å². The molecule has 2 aromatic carbocycles. The van der Waals surface area contributed by atoms with Crippen LogP contribution in [0, 0.1) is 11.6 Å². The lowest BCUT2D eigenvalue weighted by Crippen LogP contribution is -2.42. The zero-order chi connectivity index (χ0) is 27.1. The predicted molar refractivity (Wildman–Crippen MR) is 124 cm³/mol. The molecule has 0 aliphatic carbocycles. The number of imidazole rings is 1. The minimum atomic E-state index is -4.96. The number of hydrogen-bond donors (Lipinski definition) is 2. The second-order valence-corrected chi connectivity index (χ2v) is 8.35. The molecule has 0 spiro atoms. The third-order valence-electron chi connectivity index (χ3n) is 6.11. The van der Waals surface area contributed by atoms with Gasteiger partial charge in [-0.05, 0) is 35.7 Å². The van der Waals surface area contributed by atoms with E-state index in [0.29, 0.717) is 5.56 Å². The highest BCUT2D eigenvalue weighted by molar-refractivity contribution is 6.01. The van der Waals surface area contributed by atoms with Crippen molar-refractivity contribution in [3.63, 3.8) is 0 Å².